The van der Waals surface area contributed by atoms with E-state index in [-0.39, 0.29) is 0 Å². The van der Waals surface area contributed by atoms with E-state index in [0.29, 0.717) is 0 Å². The van der Waals surface area contributed by atoms with E-state index in [9.17, 15) is 18.0 Å². The van der Waals surface area contributed by atoms with Gasteiger partial charge in [0.1, 0.15) is 6.67 Å². The number of halogens is 5. The minimum absolute atomic E-state index is 1.09. The zero-order valence-corrected chi connectivity index (χ0v) is 7.62. The molecule has 76 valence electrons. The molecule has 0 aromatic carbocycles. The summed E-state index contributed by atoms with van der Waals surface area (Å²) in [6.45, 7) is -1.54. The highest BCUT2D eigenvalue weighted by molar-refractivity contribution is 6.26. The Morgan fingerprint density at radius 1 is 1.31 bits per heavy atom. The molecule has 13 heavy (non-hydrogen) atoms. The summed E-state index contributed by atoms with van der Waals surface area (Å²) in [6.07, 6.45) is 0. The molecule has 0 bridgehead atoms. The fraction of sp³-hybridized carbons (Fsp3) is 0.500. The fourth-order valence-corrected chi connectivity index (χ4v) is 1.17. The first-order valence-electron chi connectivity index (χ1n) is 3.00. The summed E-state index contributed by atoms with van der Waals surface area (Å²) < 4.78 is 36.7. The van der Waals surface area contributed by atoms with E-state index < -0.39 is 35.1 Å². The number of carboxylic acids is 1. The first-order valence-corrected chi connectivity index (χ1v) is 3.87. The van der Waals surface area contributed by atoms with Gasteiger partial charge in [0.15, 0.2) is 11.3 Å². The molecule has 0 spiro atoms. The SMILES string of the molecule is O=C(O)C(CF)=C(C(F)Cl)C(F)Cl. The normalized spacial score (nSPS) is 14.8. The number of allylic oxidation sites excluding steroid dienone is 1. The van der Waals surface area contributed by atoms with Gasteiger partial charge in [0, 0.05) is 5.57 Å². The highest BCUT2D eigenvalue weighted by Gasteiger charge is 2.26. The van der Waals surface area contributed by atoms with Crippen molar-refractivity contribution in [1.29, 1.82) is 0 Å². The van der Waals surface area contributed by atoms with Gasteiger partial charge < -0.3 is 5.11 Å². The molecule has 1 N–H and O–H groups in total. The summed E-state index contributed by atoms with van der Waals surface area (Å²) in [6, 6.07) is 0. The van der Waals surface area contributed by atoms with Crippen molar-refractivity contribution in [3.8, 4) is 0 Å². The van der Waals surface area contributed by atoms with Crippen molar-refractivity contribution in [3.63, 3.8) is 0 Å². The summed E-state index contributed by atoms with van der Waals surface area (Å²) >= 11 is 9.55. The van der Waals surface area contributed by atoms with Gasteiger partial charge >= 0.3 is 5.97 Å². The van der Waals surface area contributed by atoms with Crippen molar-refractivity contribution in [1.82, 2.24) is 0 Å². The molecule has 0 aromatic rings. The van der Waals surface area contributed by atoms with Gasteiger partial charge in [-0.15, -0.1) is 0 Å². The molecule has 0 rings (SSSR count). The second kappa shape index (κ2) is 5.34. The van der Waals surface area contributed by atoms with Gasteiger partial charge in [0.25, 0.3) is 0 Å². The van der Waals surface area contributed by atoms with Crippen molar-refractivity contribution in [3.05, 3.63) is 11.1 Å². The van der Waals surface area contributed by atoms with Crippen molar-refractivity contribution >= 4 is 29.2 Å². The molecule has 0 amide bonds. The summed E-state index contributed by atoms with van der Waals surface area (Å²) in [5.74, 6) is -1.79. The van der Waals surface area contributed by atoms with Crippen molar-refractivity contribution in [2.24, 2.45) is 0 Å². The molecule has 0 aliphatic rings. The number of carboxylic acid groups (broad SMARTS) is 1. The van der Waals surface area contributed by atoms with Gasteiger partial charge in [-0.05, 0) is 0 Å². The molecule has 2 nitrogen and oxygen atoms in total. The molecule has 0 heterocycles. The molecule has 0 aliphatic carbocycles. The van der Waals surface area contributed by atoms with Crippen molar-refractivity contribution < 1.29 is 23.1 Å². The van der Waals surface area contributed by atoms with E-state index >= 15 is 0 Å². The highest BCUT2D eigenvalue weighted by Crippen LogP contribution is 2.25. The van der Waals surface area contributed by atoms with Crippen LogP contribution < -0.4 is 0 Å². The number of hydrogen-bond acceptors (Lipinski definition) is 1. The van der Waals surface area contributed by atoms with Crippen LogP contribution in [0, 0.1) is 0 Å². The Kier molecular flexibility index (Phi) is 5.17. The van der Waals surface area contributed by atoms with Crippen molar-refractivity contribution in [2.75, 3.05) is 6.67 Å². The molecular weight excluding hydrogens is 232 g/mol. The summed E-state index contributed by atoms with van der Waals surface area (Å²) in [5, 5.41) is 8.29. The molecule has 0 aliphatic heterocycles. The Hall–Kier alpha value is -0.420. The second-order valence-corrected chi connectivity index (χ2v) is 2.74. The Morgan fingerprint density at radius 3 is 1.77 bits per heavy atom. The predicted octanol–water partition coefficient (Wildman–Crippen LogP) is 2.41. The Morgan fingerprint density at radius 2 is 1.69 bits per heavy atom. The smallest absolute Gasteiger partial charge is 0.334 e. The lowest BCUT2D eigenvalue weighted by Gasteiger charge is -2.09. The van der Waals surface area contributed by atoms with Gasteiger partial charge in [-0.25, -0.2) is 18.0 Å². The summed E-state index contributed by atoms with van der Waals surface area (Å²) in [4.78, 5) is 10.2. The van der Waals surface area contributed by atoms with Crippen LogP contribution in [-0.2, 0) is 4.79 Å². The lowest BCUT2D eigenvalue weighted by Crippen LogP contribution is -2.15. The number of hydrogen-bond donors (Lipinski definition) is 1. The first-order chi connectivity index (χ1) is 5.91. The molecule has 2 atom stereocenters. The molecule has 2 unspecified atom stereocenters. The molecule has 0 radical (unpaired) electrons. The number of aliphatic carboxylic acids is 1. The minimum atomic E-state index is -2.45. The maximum absolute atomic E-state index is 12.4. The standard InChI is InChI=1S/C6H5Cl2F3O2/c7-4(10)3(5(8)11)2(1-9)6(12)13/h4-5H,1H2,(H,12,13). The third-order valence-electron chi connectivity index (χ3n) is 1.21. The molecule has 0 fully saturated rings. The van der Waals surface area contributed by atoms with E-state index in [1.54, 1.807) is 0 Å². The monoisotopic (exact) mass is 236 g/mol. The topological polar surface area (TPSA) is 37.3 Å². The van der Waals surface area contributed by atoms with Crippen LogP contribution in [0.3, 0.4) is 0 Å². The number of alkyl halides is 5. The zero-order valence-electron chi connectivity index (χ0n) is 6.11. The van der Waals surface area contributed by atoms with Crippen LogP contribution in [0.25, 0.3) is 0 Å². The maximum Gasteiger partial charge on any atom is 0.334 e. The Labute approximate surface area is 81.9 Å². The molecule has 7 heteroatoms. The predicted molar refractivity (Wildman–Crippen MR) is 42.1 cm³/mol. The Bertz CT molecular complexity index is 218. The molecule has 0 saturated heterocycles. The minimum Gasteiger partial charge on any atom is -0.478 e. The Balaban J connectivity index is 5.13. The molecule has 0 aromatic heterocycles. The lowest BCUT2D eigenvalue weighted by molar-refractivity contribution is -0.133. The van der Waals surface area contributed by atoms with Gasteiger partial charge in [0.05, 0.1) is 5.57 Å². The highest BCUT2D eigenvalue weighted by atomic mass is 35.5. The van der Waals surface area contributed by atoms with Crippen LogP contribution in [0.5, 0.6) is 0 Å². The summed E-state index contributed by atoms with van der Waals surface area (Å²) in [7, 11) is 0. The van der Waals surface area contributed by atoms with Crippen LogP contribution in [0.1, 0.15) is 0 Å². The zero-order chi connectivity index (χ0) is 10.6. The first kappa shape index (κ1) is 12.6. The third-order valence-corrected chi connectivity index (χ3v) is 1.68. The fourth-order valence-electron chi connectivity index (χ4n) is 0.616. The summed E-state index contributed by atoms with van der Waals surface area (Å²) in [5.41, 5.74) is -7.09. The van der Waals surface area contributed by atoms with Gasteiger partial charge in [-0.3, -0.25) is 0 Å². The average molecular weight is 237 g/mol. The lowest BCUT2D eigenvalue weighted by atomic mass is 10.1. The third kappa shape index (κ3) is 3.44. The van der Waals surface area contributed by atoms with Crippen LogP contribution >= 0.6 is 23.2 Å². The van der Waals surface area contributed by atoms with Gasteiger partial charge in [0.2, 0.25) is 0 Å². The van der Waals surface area contributed by atoms with E-state index in [1.807, 2.05) is 0 Å². The molecule has 0 saturated carbocycles. The van der Waals surface area contributed by atoms with E-state index in [4.69, 9.17) is 28.3 Å². The van der Waals surface area contributed by atoms with Crippen LogP contribution in [0.2, 0.25) is 0 Å². The van der Waals surface area contributed by atoms with Crippen LogP contribution in [0.15, 0.2) is 11.1 Å². The number of carbonyl (C=O) groups is 1. The number of rotatable bonds is 4. The van der Waals surface area contributed by atoms with Crippen molar-refractivity contribution in [2.45, 2.75) is 11.3 Å². The second-order valence-electron chi connectivity index (χ2n) is 1.97. The quantitative estimate of drug-likeness (QED) is 0.602. The van der Waals surface area contributed by atoms with Crippen LogP contribution in [-0.4, -0.2) is 29.0 Å². The van der Waals surface area contributed by atoms with E-state index in [0.717, 1.165) is 0 Å². The van der Waals surface area contributed by atoms with Gasteiger partial charge in [-0.2, -0.15) is 0 Å². The van der Waals surface area contributed by atoms with E-state index in [2.05, 4.69) is 0 Å². The van der Waals surface area contributed by atoms with Gasteiger partial charge in [-0.1, -0.05) is 23.2 Å². The maximum atomic E-state index is 12.4. The largest absolute Gasteiger partial charge is 0.478 e. The van der Waals surface area contributed by atoms with E-state index in [1.165, 1.54) is 0 Å². The van der Waals surface area contributed by atoms with Crippen LogP contribution in [0.4, 0.5) is 13.2 Å². The average Bonchev–Trinajstić information content (AvgIpc) is 1.97. The molecular formula is C6H5Cl2F3O2.